The Morgan fingerprint density at radius 3 is 2.91 bits per heavy atom. The lowest BCUT2D eigenvalue weighted by Crippen LogP contribution is -2.19. The number of pyridine rings is 1. The smallest absolute Gasteiger partial charge is 0.308 e. The molecule has 120 valence electrons. The van der Waals surface area contributed by atoms with Gasteiger partial charge in [-0.05, 0) is 31.4 Å². The summed E-state index contributed by atoms with van der Waals surface area (Å²) in [6.45, 7) is 0. The van der Waals surface area contributed by atoms with Crippen molar-refractivity contribution in [1.82, 2.24) is 4.98 Å². The highest BCUT2D eigenvalue weighted by molar-refractivity contribution is 5.99. The first-order valence-corrected chi connectivity index (χ1v) is 7.45. The van der Waals surface area contributed by atoms with E-state index in [1.165, 1.54) is 19.4 Å². The predicted octanol–water partition coefficient (Wildman–Crippen LogP) is 2.90. The Kier molecular flexibility index (Phi) is 4.10. The molecule has 0 unspecified atom stereocenters. The van der Waals surface area contributed by atoms with E-state index in [1.807, 2.05) is 0 Å². The summed E-state index contributed by atoms with van der Waals surface area (Å²) in [5.74, 6) is -0.254. The molecule has 0 aliphatic heterocycles. The summed E-state index contributed by atoms with van der Waals surface area (Å²) in [5, 5.41) is 15.8. The van der Waals surface area contributed by atoms with Crippen molar-refractivity contribution in [3.8, 4) is 0 Å². The Bertz CT molecular complexity index is 762. The van der Waals surface area contributed by atoms with Crippen LogP contribution in [0.15, 0.2) is 30.6 Å². The maximum atomic E-state index is 11.6. The van der Waals surface area contributed by atoms with Gasteiger partial charge in [-0.15, -0.1) is 0 Å². The lowest BCUT2D eigenvalue weighted by atomic mass is 10.1. The van der Waals surface area contributed by atoms with Crippen molar-refractivity contribution in [1.29, 1.82) is 0 Å². The highest BCUT2D eigenvalue weighted by Gasteiger charge is 2.31. The van der Waals surface area contributed by atoms with Crippen molar-refractivity contribution in [2.75, 3.05) is 12.4 Å². The van der Waals surface area contributed by atoms with Crippen LogP contribution < -0.4 is 5.32 Å². The van der Waals surface area contributed by atoms with Crippen molar-refractivity contribution in [2.45, 2.75) is 25.3 Å². The molecule has 23 heavy (non-hydrogen) atoms. The summed E-state index contributed by atoms with van der Waals surface area (Å²) in [7, 11) is 1.40. The Balaban J connectivity index is 1.86. The second-order valence-electron chi connectivity index (χ2n) is 5.69. The monoisotopic (exact) mass is 315 g/mol. The predicted molar refractivity (Wildman–Crippen MR) is 85.2 cm³/mol. The first-order valence-electron chi connectivity index (χ1n) is 7.45. The van der Waals surface area contributed by atoms with Crippen LogP contribution in [0.2, 0.25) is 0 Å². The molecule has 1 saturated carbocycles. The van der Waals surface area contributed by atoms with Gasteiger partial charge in [-0.1, -0.05) is 0 Å². The number of nitrogens with zero attached hydrogens (tertiary/aromatic N) is 2. The molecular weight excluding hydrogens is 298 g/mol. The molecule has 7 heteroatoms. The third-order valence-electron chi connectivity index (χ3n) is 4.32. The molecule has 1 aliphatic carbocycles. The van der Waals surface area contributed by atoms with E-state index < -0.39 is 4.92 Å². The molecule has 0 bridgehead atoms. The molecule has 1 heterocycles. The number of benzene rings is 1. The summed E-state index contributed by atoms with van der Waals surface area (Å²) in [6, 6.07) is 5.11. The van der Waals surface area contributed by atoms with Gasteiger partial charge in [0.15, 0.2) is 0 Å². The van der Waals surface area contributed by atoms with Gasteiger partial charge in [0.2, 0.25) is 0 Å². The number of nitro benzene ring substituents is 1. The maximum absolute atomic E-state index is 11.6. The Hall–Kier alpha value is -2.70. The fourth-order valence-electron chi connectivity index (χ4n) is 3.17. The van der Waals surface area contributed by atoms with Crippen LogP contribution in [-0.2, 0) is 9.53 Å². The van der Waals surface area contributed by atoms with Gasteiger partial charge >= 0.3 is 5.97 Å². The molecule has 1 aromatic carbocycles. The van der Waals surface area contributed by atoms with E-state index in [0.717, 1.165) is 23.9 Å². The number of nitrogens with one attached hydrogen (secondary N) is 1. The first kappa shape index (κ1) is 15.2. The van der Waals surface area contributed by atoms with Gasteiger partial charge < -0.3 is 10.1 Å². The molecule has 0 radical (unpaired) electrons. The minimum atomic E-state index is -0.406. The maximum Gasteiger partial charge on any atom is 0.308 e. The minimum absolute atomic E-state index is 0.0394. The van der Waals surface area contributed by atoms with Crippen molar-refractivity contribution in [3.63, 3.8) is 0 Å². The van der Waals surface area contributed by atoms with Crippen LogP contribution >= 0.6 is 0 Å². The molecule has 2 atom stereocenters. The highest BCUT2D eigenvalue weighted by atomic mass is 16.6. The lowest BCUT2D eigenvalue weighted by molar-refractivity contribution is -0.383. The second kappa shape index (κ2) is 6.20. The average molecular weight is 315 g/mol. The number of fused-ring (bicyclic) bond motifs is 1. The molecule has 0 spiro atoms. The van der Waals surface area contributed by atoms with E-state index in [4.69, 9.17) is 4.74 Å². The van der Waals surface area contributed by atoms with Gasteiger partial charge in [0.05, 0.1) is 23.3 Å². The van der Waals surface area contributed by atoms with Crippen LogP contribution in [0.4, 0.5) is 11.4 Å². The average Bonchev–Trinajstić information content (AvgIpc) is 3.02. The molecule has 1 aliphatic rings. The van der Waals surface area contributed by atoms with Gasteiger partial charge in [-0.2, -0.15) is 0 Å². The van der Waals surface area contributed by atoms with Gasteiger partial charge in [-0.3, -0.25) is 19.9 Å². The Morgan fingerprint density at radius 2 is 2.17 bits per heavy atom. The number of carbonyl (C=O) groups is 1. The van der Waals surface area contributed by atoms with E-state index in [1.54, 1.807) is 18.3 Å². The number of hydrogen-bond acceptors (Lipinski definition) is 6. The number of methoxy groups -OCH3 is 1. The zero-order valence-electron chi connectivity index (χ0n) is 12.7. The zero-order valence-corrected chi connectivity index (χ0v) is 12.7. The van der Waals surface area contributed by atoms with Crippen LogP contribution in [0, 0.1) is 16.0 Å². The quantitative estimate of drug-likeness (QED) is 0.529. The third-order valence-corrected chi connectivity index (χ3v) is 4.32. The number of aromatic nitrogens is 1. The van der Waals surface area contributed by atoms with Crippen LogP contribution in [0.1, 0.15) is 19.3 Å². The van der Waals surface area contributed by atoms with Crippen molar-refractivity contribution >= 4 is 28.1 Å². The fraction of sp³-hybridized carbons (Fsp3) is 0.375. The van der Waals surface area contributed by atoms with Crippen LogP contribution in [0.5, 0.6) is 0 Å². The lowest BCUT2D eigenvalue weighted by Gasteiger charge is -2.16. The van der Waals surface area contributed by atoms with Crippen LogP contribution in [-0.4, -0.2) is 29.0 Å². The molecular formula is C16H17N3O4. The number of carbonyl (C=O) groups excluding carboxylic acids is 1. The summed E-state index contributed by atoms with van der Waals surface area (Å²) in [4.78, 5) is 26.3. The molecule has 3 rings (SSSR count). The fourth-order valence-corrected chi connectivity index (χ4v) is 3.17. The molecule has 2 aromatic rings. The first-order chi connectivity index (χ1) is 11.1. The van der Waals surface area contributed by atoms with Gasteiger partial charge in [0, 0.05) is 35.6 Å². The molecule has 1 fully saturated rings. The molecule has 0 saturated heterocycles. The number of nitro groups is 1. The van der Waals surface area contributed by atoms with Crippen molar-refractivity contribution in [3.05, 3.63) is 40.7 Å². The number of rotatable bonds is 4. The van der Waals surface area contributed by atoms with E-state index in [0.29, 0.717) is 11.8 Å². The molecule has 0 amide bonds. The highest BCUT2D eigenvalue weighted by Crippen LogP contribution is 2.34. The van der Waals surface area contributed by atoms with E-state index in [-0.39, 0.29) is 23.6 Å². The van der Waals surface area contributed by atoms with Gasteiger partial charge in [0.1, 0.15) is 0 Å². The van der Waals surface area contributed by atoms with Crippen LogP contribution in [0.3, 0.4) is 0 Å². The normalized spacial score (nSPS) is 20.4. The Labute approximate surface area is 132 Å². The summed E-state index contributed by atoms with van der Waals surface area (Å²) in [6.07, 6.45) is 5.48. The van der Waals surface area contributed by atoms with Crippen LogP contribution in [0.25, 0.3) is 10.8 Å². The number of esters is 1. The van der Waals surface area contributed by atoms with Crippen molar-refractivity contribution < 1.29 is 14.5 Å². The standard InChI is InChI=1S/C16H17N3O4/c1-23-16(20)10-2-3-11(8-10)18-14-4-5-15(19(21)22)13-9-17-7-6-12(13)14/h4-7,9-11,18H,2-3,8H2,1H3/t10-,11+/m0/s1. The summed E-state index contributed by atoms with van der Waals surface area (Å²) >= 11 is 0. The van der Waals surface area contributed by atoms with Crippen molar-refractivity contribution in [2.24, 2.45) is 5.92 Å². The Morgan fingerprint density at radius 1 is 1.35 bits per heavy atom. The molecule has 7 nitrogen and oxygen atoms in total. The number of ether oxygens (including phenoxy) is 1. The van der Waals surface area contributed by atoms with E-state index >= 15 is 0 Å². The summed E-state index contributed by atoms with van der Waals surface area (Å²) < 4.78 is 4.80. The number of anilines is 1. The second-order valence-corrected chi connectivity index (χ2v) is 5.69. The zero-order chi connectivity index (χ0) is 16.4. The molecule has 1 N–H and O–H groups in total. The number of hydrogen-bond donors (Lipinski definition) is 1. The van der Waals surface area contributed by atoms with E-state index in [9.17, 15) is 14.9 Å². The molecule has 1 aromatic heterocycles. The van der Waals surface area contributed by atoms with E-state index in [2.05, 4.69) is 10.3 Å². The SMILES string of the molecule is COC(=O)[C@H]1CC[C@@H](Nc2ccc([N+](=O)[O-])c3cnccc23)C1. The largest absolute Gasteiger partial charge is 0.469 e. The van der Waals surface area contributed by atoms with Gasteiger partial charge in [-0.25, -0.2) is 0 Å². The summed E-state index contributed by atoms with van der Waals surface area (Å²) in [5.41, 5.74) is 0.862. The van der Waals surface area contributed by atoms with Gasteiger partial charge in [0.25, 0.3) is 5.69 Å². The number of non-ortho nitro benzene ring substituents is 1. The minimum Gasteiger partial charge on any atom is -0.469 e. The topological polar surface area (TPSA) is 94.4 Å². The third kappa shape index (κ3) is 2.94.